The van der Waals surface area contributed by atoms with E-state index in [1.165, 1.54) is 10.5 Å². The van der Waals surface area contributed by atoms with Crippen molar-refractivity contribution < 1.29 is 23.9 Å². The number of hydrogen-bond donors (Lipinski definition) is 2. The van der Waals surface area contributed by atoms with Crippen LogP contribution in [0.5, 0.6) is 11.5 Å². The molecule has 0 radical (unpaired) electrons. The third-order valence-corrected chi connectivity index (χ3v) is 5.24. The fourth-order valence-electron chi connectivity index (χ4n) is 3.77. The molecule has 0 unspecified atom stereocenters. The molecule has 0 spiro atoms. The molecular weight excluding hydrogens is 370 g/mol. The number of nitrogens with zero attached hydrogens (tertiary/aromatic N) is 1. The van der Waals surface area contributed by atoms with Crippen LogP contribution in [-0.4, -0.2) is 50.6 Å². The highest BCUT2D eigenvalue weighted by Gasteiger charge is 2.30. The van der Waals surface area contributed by atoms with Gasteiger partial charge >= 0.3 is 0 Å². The van der Waals surface area contributed by atoms with Crippen molar-refractivity contribution in [2.24, 2.45) is 5.10 Å². The lowest BCUT2D eigenvalue weighted by Crippen LogP contribution is -3.15. The summed E-state index contributed by atoms with van der Waals surface area (Å²) in [6, 6.07) is 17.6. The molecule has 0 bridgehead atoms. The fraction of sp³-hybridized carbons (Fsp3) is 0.364. The Kier molecular flexibility index (Phi) is 6.07. The van der Waals surface area contributed by atoms with Gasteiger partial charge in [-0.15, -0.1) is 0 Å². The first-order valence-electron chi connectivity index (χ1n) is 9.92. The van der Waals surface area contributed by atoms with Gasteiger partial charge in [0.1, 0.15) is 19.7 Å². The van der Waals surface area contributed by atoms with Crippen molar-refractivity contribution in [1.29, 1.82) is 0 Å². The number of ether oxygens (including phenoxy) is 3. The largest absolute Gasteiger partial charge is 0.485 e. The Morgan fingerprint density at radius 2 is 1.76 bits per heavy atom. The van der Waals surface area contributed by atoms with E-state index in [-0.39, 0.29) is 18.6 Å². The van der Waals surface area contributed by atoms with Crippen LogP contribution in [0.3, 0.4) is 0 Å². The molecule has 1 amide bonds. The Morgan fingerprint density at radius 1 is 1.07 bits per heavy atom. The molecule has 29 heavy (non-hydrogen) atoms. The van der Waals surface area contributed by atoms with Crippen LogP contribution in [0.15, 0.2) is 59.7 Å². The predicted molar refractivity (Wildman–Crippen MR) is 108 cm³/mol. The highest BCUT2D eigenvalue weighted by molar-refractivity contribution is 5.89. The van der Waals surface area contributed by atoms with Crippen molar-refractivity contribution in [1.82, 2.24) is 5.43 Å². The number of quaternary nitrogens is 1. The summed E-state index contributed by atoms with van der Waals surface area (Å²) in [6.07, 6.45) is -0.729. The molecule has 2 N–H and O–H groups in total. The number of para-hydroxylation sites is 2. The summed E-state index contributed by atoms with van der Waals surface area (Å²) in [7, 11) is 0. The summed E-state index contributed by atoms with van der Waals surface area (Å²) < 4.78 is 16.9. The van der Waals surface area contributed by atoms with Crippen LogP contribution in [0.2, 0.25) is 0 Å². The van der Waals surface area contributed by atoms with E-state index in [1.807, 2.05) is 43.3 Å². The van der Waals surface area contributed by atoms with Crippen LogP contribution in [0.4, 0.5) is 0 Å². The number of morpholine rings is 1. The van der Waals surface area contributed by atoms with Crippen molar-refractivity contribution in [3.8, 4) is 11.5 Å². The Hall–Kier alpha value is -2.90. The topological polar surface area (TPSA) is 73.6 Å². The van der Waals surface area contributed by atoms with E-state index in [2.05, 4.69) is 22.7 Å². The molecular formula is C22H26N3O4+. The minimum atomic E-state index is -0.729. The van der Waals surface area contributed by atoms with Crippen molar-refractivity contribution in [3.63, 3.8) is 0 Å². The molecule has 0 aromatic heterocycles. The van der Waals surface area contributed by atoms with E-state index in [4.69, 9.17) is 14.2 Å². The lowest BCUT2D eigenvalue weighted by atomic mass is 10.0. The number of rotatable bonds is 5. The molecule has 0 aliphatic carbocycles. The van der Waals surface area contributed by atoms with Gasteiger partial charge in [-0.2, -0.15) is 5.10 Å². The van der Waals surface area contributed by atoms with E-state index in [0.29, 0.717) is 11.5 Å². The van der Waals surface area contributed by atoms with Crippen LogP contribution in [0.25, 0.3) is 0 Å². The quantitative estimate of drug-likeness (QED) is 0.584. The van der Waals surface area contributed by atoms with Gasteiger partial charge in [0.25, 0.3) is 5.91 Å². The normalized spacial score (nSPS) is 20.7. The van der Waals surface area contributed by atoms with Gasteiger partial charge in [0.2, 0.25) is 6.10 Å². The second kappa shape index (κ2) is 9.07. The number of hydrogen-bond acceptors (Lipinski definition) is 5. The van der Waals surface area contributed by atoms with Crippen molar-refractivity contribution in [2.75, 3.05) is 32.9 Å². The highest BCUT2D eigenvalue weighted by atomic mass is 16.6. The van der Waals surface area contributed by atoms with Crippen molar-refractivity contribution in [3.05, 3.63) is 60.2 Å². The zero-order valence-corrected chi connectivity index (χ0v) is 16.5. The summed E-state index contributed by atoms with van der Waals surface area (Å²) in [5.74, 6) is 0.901. The second-order valence-electron chi connectivity index (χ2n) is 7.21. The average molecular weight is 396 g/mol. The molecule has 2 atom stereocenters. The Labute approximate surface area is 170 Å². The summed E-state index contributed by atoms with van der Waals surface area (Å²) in [5, 5.41) is 4.43. The number of fused-ring (bicyclic) bond motifs is 1. The molecule has 2 aromatic carbocycles. The van der Waals surface area contributed by atoms with Gasteiger partial charge in [-0.3, -0.25) is 4.79 Å². The predicted octanol–water partition coefficient (Wildman–Crippen LogP) is 0.975. The number of amides is 1. The van der Waals surface area contributed by atoms with Gasteiger partial charge in [-0.1, -0.05) is 42.5 Å². The number of hydrazone groups is 1. The van der Waals surface area contributed by atoms with Crippen LogP contribution in [0.1, 0.15) is 18.5 Å². The first-order chi connectivity index (χ1) is 14.2. The van der Waals surface area contributed by atoms with Crippen molar-refractivity contribution in [2.45, 2.75) is 19.1 Å². The third kappa shape index (κ3) is 4.58. The van der Waals surface area contributed by atoms with E-state index in [0.717, 1.165) is 32.0 Å². The Morgan fingerprint density at radius 3 is 2.52 bits per heavy atom. The van der Waals surface area contributed by atoms with E-state index in [9.17, 15) is 4.79 Å². The molecule has 7 heteroatoms. The maximum absolute atomic E-state index is 12.6. The zero-order chi connectivity index (χ0) is 20.1. The van der Waals surface area contributed by atoms with Crippen LogP contribution in [0, 0.1) is 0 Å². The first kappa shape index (κ1) is 19.4. The van der Waals surface area contributed by atoms with Crippen LogP contribution >= 0.6 is 0 Å². The van der Waals surface area contributed by atoms with E-state index in [1.54, 1.807) is 6.07 Å². The Balaban J connectivity index is 1.46. The maximum Gasteiger partial charge on any atom is 0.284 e. The minimum absolute atomic E-state index is 0.0599. The highest BCUT2D eigenvalue weighted by Crippen LogP contribution is 2.30. The van der Waals surface area contributed by atoms with Gasteiger partial charge in [0, 0.05) is 5.56 Å². The summed E-state index contributed by atoms with van der Waals surface area (Å²) in [4.78, 5) is 14.0. The zero-order valence-electron chi connectivity index (χ0n) is 16.5. The number of benzene rings is 2. The smallest absolute Gasteiger partial charge is 0.284 e. The molecule has 2 aliphatic heterocycles. The number of carbonyl (C=O) groups is 1. The molecule has 2 heterocycles. The molecule has 1 fully saturated rings. The van der Waals surface area contributed by atoms with Crippen LogP contribution in [-0.2, 0) is 9.53 Å². The third-order valence-electron chi connectivity index (χ3n) is 5.24. The van der Waals surface area contributed by atoms with Gasteiger partial charge in [0.05, 0.1) is 18.9 Å². The molecule has 0 saturated carbocycles. The van der Waals surface area contributed by atoms with E-state index >= 15 is 0 Å². The standard InChI is InChI=1S/C22H25N3O4/c1-16(21(17-7-3-2-4-8-17)25-11-13-27-14-12-25)23-24-22(26)20-15-28-18-9-5-6-10-19(18)29-20/h2-10,20-21H,11-15H2,1H3,(H,24,26)/p+1/b23-16-/t20-,21+/m0/s1. The van der Waals surface area contributed by atoms with Crippen LogP contribution < -0.4 is 19.8 Å². The lowest BCUT2D eigenvalue weighted by Gasteiger charge is -2.31. The van der Waals surface area contributed by atoms with Gasteiger partial charge < -0.3 is 19.1 Å². The molecule has 2 aliphatic rings. The molecule has 7 nitrogen and oxygen atoms in total. The van der Waals surface area contributed by atoms with Gasteiger partial charge in [-0.25, -0.2) is 5.43 Å². The molecule has 152 valence electrons. The van der Waals surface area contributed by atoms with Gasteiger partial charge in [0.15, 0.2) is 17.5 Å². The molecule has 1 saturated heterocycles. The second-order valence-corrected chi connectivity index (χ2v) is 7.21. The molecule has 4 rings (SSSR count). The van der Waals surface area contributed by atoms with Crippen molar-refractivity contribution >= 4 is 11.6 Å². The average Bonchev–Trinajstić information content (AvgIpc) is 2.79. The molecule has 2 aromatic rings. The van der Waals surface area contributed by atoms with E-state index < -0.39 is 6.10 Å². The number of carbonyl (C=O) groups excluding carboxylic acids is 1. The summed E-state index contributed by atoms with van der Waals surface area (Å²) in [6.45, 7) is 5.37. The summed E-state index contributed by atoms with van der Waals surface area (Å²) >= 11 is 0. The lowest BCUT2D eigenvalue weighted by molar-refractivity contribution is -0.928. The number of nitrogens with one attached hydrogen (secondary N) is 2. The monoisotopic (exact) mass is 396 g/mol. The minimum Gasteiger partial charge on any atom is -0.485 e. The Bertz CT molecular complexity index is 865. The van der Waals surface area contributed by atoms with Gasteiger partial charge in [-0.05, 0) is 19.1 Å². The first-order valence-corrected chi connectivity index (χ1v) is 9.92. The SMILES string of the molecule is C/C(=N/NC(=O)[C@@H]1COc2ccccc2O1)[C@H](c1ccccc1)[NH+]1CCOCC1. The summed E-state index contributed by atoms with van der Waals surface area (Å²) in [5.41, 5.74) is 4.69. The fourth-order valence-corrected chi connectivity index (χ4v) is 3.77. The maximum atomic E-state index is 12.6.